The zero-order valence-electron chi connectivity index (χ0n) is 9.70. The number of carbonyl (C=O) groups excluding carboxylic acids is 1. The second-order valence-corrected chi connectivity index (χ2v) is 4.91. The molecule has 1 aromatic carbocycles. The Balaban J connectivity index is 2.95. The van der Waals surface area contributed by atoms with Gasteiger partial charge in [0.15, 0.2) is 0 Å². The van der Waals surface area contributed by atoms with Gasteiger partial charge in [-0.1, -0.05) is 52.0 Å². The lowest BCUT2D eigenvalue weighted by Crippen LogP contribution is -2.28. The van der Waals surface area contributed by atoms with E-state index in [1.807, 2.05) is 24.3 Å². The van der Waals surface area contributed by atoms with E-state index < -0.39 is 11.9 Å². The smallest absolute Gasteiger partial charge is 0.0486 e. The minimum atomic E-state index is -1.03. The number of carbonyl (C=O) groups is 1. The van der Waals surface area contributed by atoms with Crippen LogP contribution in [-0.4, -0.2) is 5.97 Å². The molecule has 0 fully saturated rings. The minimum absolute atomic E-state index is 0.100. The molecule has 0 bridgehead atoms. The molecule has 1 rings (SSSR count). The van der Waals surface area contributed by atoms with Crippen molar-refractivity contribution in [1.29, 1.82) is 0 Å². The van der Waals surface area contributed by atoms with Gasteiger partial charge in [0.2, 0.25) is 0 Å². The molecule has 0 radical (unpaired) electrons. The lowest BCUT2D eigenvalue weighted by atomic mass is 9.86. The Morgan fingerprint density at radius 3 is 2.00 bits per heavy atom. The molecule has 1 unspecified atom stereocenters. The van der Waals surface area contributed by atoms with Crippen LogP contribution in [0.2, 0.25) is 0 Å². The van der Waals surface area contributed by atoms with Crippen LogP contribution in [0, 0.1) is 0 Å². The zero-order valence-corrected chi connectivity index (χ0v) is 9.70. The summed E-state index contributed by atoms with van der Waals surface area (Å²) in [6, 6.07) is 7.69. The quantitative estimate of drug-likeness (QED) is 0.739. The highest BCUT2D eigenvalue weighted by Gasteiger charge is 2.14. The van der Waals surface area contributed by atoms with Crippen LogP contribution in [-0.2, 0) is 10.2 Å². The molecule has 1 aromatic rings. The van der Waals surface area contributed by atoms with Gasteiger partial charge in [-0.2, -0.15) is 0 Å². The molecule has 0 amide bonds. The Morgan fingerprint density at radius 2 is 1.67 bits per heavy atom. The molecule has 0 heterocycles. The van der Waals surface area contributed by atoms with Crippen molar-refractivity contribution < 1.29 is 9.90 Å². The van der Waals surface area contributed by atoms with E-state index >= 15 is 0 Å². The van der Waals surface area contributed by atoms with Crippen molar-refractivity contribution in [2.24, 2.45) is 0 Å². The van der Waals surface area contributed by atoms with Crippen molar-refractivity contribution in [2.45, 2.75) is 39.0 Å². The average molecular weight is 205 g/mol. The summed E-state index contributed by atoms with van der Waals surface area (Å²) >= 11 is 0. The van der Waals surface area contributed by atoms with E-state index in [0.29, 0.717) is 0 Å². The lowest BCUT2D eigenvalue weighted by molar-refractivity contribution is -0.307. The average Bonchev–Trinajstić information content (AvgIpc) is 2.15. The number of rotatable bonds is 2. The second kappa shape index (κ2) is 4.05. The van der Waals surface area contributed by atoms with Gasteiger partial charge < -0.3 is 9.90 Å². The normalized spacial score (nSPS) is 13.6. The van der Waals surface area contributed by atoms with Gasteiger partial charge in [0.1, 0.15) is 0 Å². The van der Waals surface area contributed by atoms with Crippen LogP contribution >= 0.6 is 0 Å². The van der Waals surface area contributed by atoms with Crippen LogP contribution in [0.25, 0.3) is 0 Å². The molecule has 2 nitrogen and oxygen atoms in total. The fourth-order valence-corrected chi connectivity index (χ4v) is 1.41. The molecule has 0 saturated heterocycles. The monoisotopic (exact) mass is 205 g/mol. The van der Waals surface area contributed by atoms with E-state index in [0.717, 1.165) is 5.56 Å². The highest BCUT2D eigenvalue weighted by Crippen LogP contribution is 2.24. The fourth-order valence-electron chi connectivity index (χ4n) is 1.41. The predicted octanol–water partition coefficient (Wildman–Crippen LogP) is 1.84. The largest absolute Gasteiger partial charge is 0.550 e. The summed E-state index contributed by atoms with van der Waals surface area (Å²) in [5.74, 6) is -1.57. The second-order valence-electron chi connectivity index (χ2n) is 4.91. The van der Waals surface area contributed by atoms with Crippen molar-refractivity contribution in [3.05, 3.63) is 35.4 Å². The van der Waals surface area contributed by atoms with E-state index in [4.69, 9.17) is 0 Å². The van der Waals surface area contributed by atoms with E-state index in [-0.39, 0.29) is 5.41 Å². The molecule has 2 heteroatoms. The van der Waals surface area contributed by atoms with Gasteiger partial charge in [0.25, 0.3) is 0 Å². The summed E-state index contributed by atoms with van der Waals surface area (Å²) in [5.41, 5.74) is 2.10. The molecule has 0 aliphatic heterocycles. The highest BCUT2D eigenvalue weighted by atomic mass is 16.4. The maximum Gasteiger partial charge on any atom is 0.0486 e. The third kappa shape index (κ3) is 2.82. The van der Waals surface area contributed by atoms with Crippen LogP contribution in [0.5, 0.6) is 0 Å². The number of hydrogen-bond acceptors (Lipinski definition) is 2. The molecular weight excluding hydrogens is 188 g/mol. The Labute approximate surface area is 90.9 Å². The number of carboxylic acids is 1. The first-order chi connectivity index (χ1) is 6.82. The van der Waals surface area contributed by atoms with Crippen molar-refractivity contribution in [3.8, 4) is 0 Å². The van der Waals surface area contributed by atoms with Gasteiger partial charge in [-0.05, 0) is 16.5 Å². The molecule has 0 aliphatic rings. The molecule has 1 atom stereocenters. The van der Waals surface area contributed by atoms with E-state index in [9.17, 15) is 9.90 Å². The first-order valence-corrected chi connectivity index (χ1v) is 5.13. The number of benzene rings is 1. The summed E-state index contributed by atoms with van der Waals surface area (Å²) in [4.78, 5) is 10.7. The maximum absolute atomic E-state index is 10.7. The minimum Gasteiger partial charge on any atom is -0.550 e. The molecule has 0 N–H and O–H groups in total. The van der Waals surface area contributed by atoms with Crippen LogP contribution in [0.15, 0.2) is 24.3 Å². The Bertz CT molecular complexity index is 344. The summed E-state index contributed by atoms with van der Waals surface area (Å²) in [7, 11) is 0. The van der Waals surface area contributed by atoms with Gasteiger partial charge in [0.05, 0.1) is 0 Å². The molecule has 0 aromatic heterocycles. The van der Waals surface area contributed by atoms with Crippen molar-refractivity contribution in [1.82, 2.24) is 0 Å². The number of hydrogen-bond donors (Lipinski definition) is 0. The molecule has 82 valence electrons. The number of aliphatic carboxylic acids is 1. The van der Waals surface area contributed by atoms with Crippen molar-refractivity contribution >= 4 is 5.97 Å². The molecule has 0 aliphatic carbocycles. The summed E-state index contributed by atoms with van der Waals surface area (Å²) in [5, 5.41) is 10.7. The van der Waals surface area contributed by atoms with E-state index in [2.05, 4.69) is 20.8 Å². The van der Waals surface area contributed by atoms with E-state index in [1.54, 1.807) is 6.92 Å². The third-order valence-electron chi connectivity index (χ3n) is 2.63. The Hall–Kier alpha value is -1.31. The topological polar surface area (TPSA) is 40.1 Å². The third-order valence-corrected chi connectivity index (χ3v) is 2.63. The highest BCUT2D eigenvalue weighted by molar-refractivity contribution is 5.73. The predicted molar refractivity (Wildman–Crippen MR) is 58.6 cm³/mol. The van der Waals surface area contributed by atoms with Crippen LogP contribution in [0.4, 0.5) is 0 Å². The van der Waals surface area contributed by atoms with Crippen LogP contribution in [0.1, 0.15) is 44.7 Å². The maximum atomic E-state index is 10.7. The summed E-state index contributed by atoms with van der Waals surface area (Å²) in [6.07, 6.45) is 0. The standard InChI is InChI=1S/C13H18O2/c1-9(12(14)15)10-5-7-11(8-6-10)13(2,3)4/h5-9H,1-4H3,(H,14,15)/p-1. The van der Waals surface area contributed by atoms with E-state index in [1.165, 1.54) is 5.56 Å². The Kier molecular flexibility index (Phi) is 3.18. The van der Waals surface area contributed by atoms with Gasteiger partial charge in [-0.3, -0.25) is 0 Å². The van der Waals surface area contributed by atoms with Crippen molar-refractivity contribution in [3.63, 3.8) is 0 Å². The first kappa shape index (κ1) is 11.8. The molecular formula is C13H17O2-. The summed E-state index contributed by atoms with van der Waals surface area (Å²) < 4.78 is 0. The van der Waals surface area contributed by atoms with Crippen LogP contribution in [0.3, 0.4) is 0 Å². The van der Waals surface area contributed by atoms with Gasteiger partial charge in [-0.15, -0.1) is 0 Å². The SMILES string of the molecule is CC(C(=O)[O-])c1ccc(C(C)(C)C)cc1. The molecule has 0 spiro atoms. The van der Waals surface area contributed by atoms with Crippen LogP contribution < -0.4 is 5.11 Å². The number of carboxylic acid groups (broad SMARTS) is 1. The first-order valence-electron chi connectivity index (χ1n) is 5.13. The summed E-state index contributed by atoms with van der Waals surface area (Å²) in [6.45, 7) is 8.03. The Morgan fingerprint density at radius 1 is 1.20 bits per heavy atom. The van der Waals surface area contributed by atoms with Gasteiger partial charge in [0, 0.05) is 11.9 Å². The lowest BCUT2D eigenvalue weighted by Gasteiger charge is -2.20. The molecule has 0 saturated carbocycles. The van der Waals surface area contributed by atoms with Gasteiger partial charge >= 0.3 is 0 Å². The zero-order chi connectivity index (χ0) is 11.6. The molecule has 15 heavy (non-hydrogen) atoms. The van der Waals surface area contributed by atoms with Gasteiger partial charge in [-0.25, -0.2) is 0 Å². The fraction of sp³-hybridized carbons (Fsp3) is 0.462. The van der Waals surface area contributed by atoms with Crippen molar-refractivity contribution in [2.75, 3.05) is 0 Å².